The van der Waals surface area contributed by atoms with Gasteiger partial charge >= 0.3 is 16.4 Å². The zero-order valence-electron chi connectivity index (χ0n) is 6.35. The summed E-state index contributed by atoms with van der Waals surface area (Å²) in [4.78, 5) is 24.4. The quantitative estimate of drug-likeness (QED) is 0.370. The van der Waals surface area contributed by atoms with E-state index in [1.54, 1.807) is 0 Å². The first-order chi connectivity index (χ1) is 5.87. The Morgan fingerprint density at radius 1 is 1.38 bits per heavy atom. The summed E-state index contributed by atoms with van der Waals surface area (Å²) in [6.45, 7) is 1.12. The highest BCUT2D eigenvalue weighted by atomic mass is 35.5. The third kappa shape index (κ3) is 6.46. The number of carbonyl (C=O) groups is 2. The molecule has 0 N–H and O–H groups in total. The molecule has 0 amide bonds. The van der Waals surface area contributed by atoms with E-state index in [-0.39, 0.29) is 0 Å². The Bertz CT molecular complexity index is 294. The normalized spacial score (nSPS) is 10.9. The Morgan fingerprint density at radius 3 is 2.31 bits per heavy atom. The lowest BCUT2D eigenvalue weighted by atomic mass is 10.3. The van der Waals surface area contributed by atoms with Gasteiger partial charge in [-0.3, -0.25) is 9.68 Å². The van der Waals surface area contributed by atoms with Crippen LogP contribution in [0.2, 0.25) is 0 Å². The van der Waals surface area contributed by atoms with Crippen molar-refractivity contribution < 1.29 is 31.0 Å². The highest BCUT2D eigenvalue weighted by Crippen LogP contribution is 2.00. The summed E-state index contributed by atoms with van der Waals surface area (Å²) < 4.78 is 27.2. The maximum absolute atomic E-state index is 10.5. The van der Waals surface area contributed by atoms with Crippen LogP contribution in [0.1, 0.15) is 13.3 Å². The maximum Gasteiger partial charge on any atom is 0.451 e. The van der Waals surface area contributed by atoms with Gasteiger partial charge in [0, 0.05) is 0 Å². The predicted octanol–water partition coefficient (Wildman–Crippen LogP) is -0.144. The molecule has 0 rings (SSSR count). The van der Waals surface area contributed by atoms with E-state index in [0.717, 1.165) is 6.92 Å². The molecule has 0 aromatic rings. The number of carbonyl (C=O) groups excluding carboxylic acids is 2. The molecule has 0 fully saturated rings. The summed E-state index contributed by atoms with van der Waals surface area (Å²) in [6, 6.07) is 0. The minimum Gasteiger partial charge on any atom is -0.299 e. The number of Topliss-reactive ketones (excluding diaryl/α,β-unsaturated/α-hetero) is 1. The Hall–Kier alpha value is -0.700. The Morgan fingerprint density at radius 2 is 1.92 bits per heavy atom. The lowest BCUT2D eigenvalue weighted by Gasteiger charge is -1.98. The third-order valence-corrected chi connectivity index (χ3v) is 1.53. The van der Waals surface area contributed by atoms with Gasteiger partial charge in [0.1, 0.15) is 12.2 Å². The Labute approximate surface area is 78.9 Å². The number of hydrogen-bond donors (Lipinski definition) is 0. The molecule has 0 bridgehead atoms. The van der Waals surface area contributed by atoms with Crippen LogP contribution < -0.4 is 0 Å². The molecular weight excluding hydrogens is 228 g/mol. The number of rotatable bonds is 5. The van der Waals surface area contributed by atoms with E-state index < -0.39 is 28.6 Å². The summed E-state index contributed by atoms with van der Waals surface area (Å²) in [5.74, 6) is -1.66. The number of halogens is 1. The molecule has 0 radical (unpaired) electrons. The molecule has 0 aromatic heterocycles. The van der Waals surface area contributed by atoms with Gasteiger partial charge in [0.2, 0.25) is 0 Å². The van der Waals surface area contributed by atoms with Crippen LogP contribution in [0.15, 0.2) is 0 Å². The summed E-state index contributed by atoms with van der Waals surface area (Å²) >= 11 is 4.41. The van der Waals surface area contributed by atoms with Crippen LogP contribution in [-0.4, -0.2) is 20.2 Å². The van der Waals surface area contributed by atoms with Gasteiger partial charge in [-0.15, -0.1) is 3.74 Å². The topological polar surface area (TPSA) is 96.0 Å². The second-order valence-electron chi connectivity index (χ2n) is 1.87. The molecule has 13 heavy (non-hydrogen) atoms. The monoisotopic (exact) mass is 232 g/mol. The fraction of sp³-hybridized carbons (Fsp3) is 0.500. The van der Waals surface area contributed by atoms with Gasteiger partial charge in [0.05, 0.1) is 11.9 Å². The van der Waals surface area contributed by atoms with Crippen molar-refractivity contribution in [2.75, 3.05) is 0 Å². The van der Waals surface area contributed by atoms with Crippen molar-refractivity contribution in [1.82, 2.24) is 0 Å². The summed E-state index contributed by atoms with van der Waals surface area (Å²) in [5.41, 5.74) is 0. The average molecular weight is 233 g/mol. The van der Waals surface area contributed by atoms with Crippen LogP contribution >= 0.6 is 11.9 Å². The van der Waals surface area contributed by atoms with Crippen LogP contribution in [0.25, 0.3) is 0 Å². The van der Waals surface area contributed by atoms with Crippen LogP contribution in [0, 0.1) is 0 Å². The molecule has 0 aliphatic carbocycles. The van der Waals surface area contributed by atoms with E-state index >= 15 is 0 Å². The van der Waals surface area contributed by atoms with E-state index in [4.69, 9.17) is 0 Å². The van der Waals surface area contributed by atoms with E-state index in [2.05, 4.69) is 24.8 Å². The lowest BCUT2D eigenvalue weighted by Crippen LogP contribution is -2.13. The van der Waals surface area contributed by atoms with Crippen molar-refractivity contribution in [3.05, 3.63) is 0 Å². The van der Waals surface area contributed by atoms with Gasteiger partial charge in [-0.25, -0.2) is 4.79 Å². The lowest BCUT2D eigenvalue weighted by molar-refractivity contribution is -0.213. The SMILES string of the molecule is CC(=O)CC(=O)OOS(=O)(=O)OCl. The second kappa shape index (κ2) is 5.12. The van der Waals surface area contributed by atoms with Gasteiger partial charge in [-0.2, -0.15) is 8.42 Å². The minimum atomic E-state index is -4.54. The molecule has 7 nitrogen and oxygen atoms in total. The highest BCUT2D eigenvalue weighted by molar-refractivity contribution is 7.82. The third-order valence-electron chi connectivity index (χ3n) is 0.681. The summed E-state index contributed by atoms with van der Waals surface area (Å²) in [6.07, 6.45) is -0.599. The fourth-order valence-electron chi connectivity index (χ4n) is 0.323. The van der Waals surface area contributed by atoms with Gasteiger partial charge in [-0.05, 0) is 11.3 Å². The van der Waals surface area contributed by atoms with Crippen molar-refractivity contribution >= 4 is 34.0 Å². The molecule has 0 atom stereocenters. The van der Waals surface area contributed by atoms with Crippen LogP contribution in [-0.2, 0) is 32.9 Å². The van der Waals surface area contributed by atoms with Crippen molar-refractivity contribution in [3.63, 3.8) is 0 Å². The first kappa shape index (κ1) is 12.3. The maximum atomic E-state index is 10.5. The molecule has 9 heteroatoms. The zero-order valence-corrected chi connectivity index (χ0v) is 7.92. The zero-order chi connectivity index (χ0) is 10.5. The van der Waals surface area contributed by atoms with Crippen molar-refractivity contribution in [1.29, 1.82) is 0 Å². The summed E-state index contributed by atoms with van der Waals surface area (Å²) in [5, 5.41) is 0. The van der Waals surface area contributed by atoms with E-state index in [1.807, 2.05) is 0 Å². The predicted molar refractivity (Wildman–Crippen MR) is 38.3 cm³/mol. The molecule has 0 aliphatic heterocycles. The van der Waals surface area contributed by atoms with Gasteiger partial charge in [-0.1, -0.05) is 0 Å². The summed E-state index contributed by atoms with van der Waals surface area (Å²) in [7, 11) is -4.54. The molecule has 0 heterocycles. The van der Waals surface area contributed by atoms with E-state index in [9.17, 15) is 18.0 Å². The van der Waals surface area contributed by atoms with Crippen molar-refractivity contribution in [3.8, 4) is 0 Å². The fourth-order valence-corrected chi connectivity index (χ4v) is 0.566. The van der Waals surface area contributed by atoms with Gasteiger partial charge < -0.3 is 0 Å². The molecule has 0 saturated heterocycles. The molecular formula is C4H5ClO7S. The number of ketones is 1. The van der Waals surface area contributed by atoms with E-state index in [1.165, 1.54) is 0 Å². The van der Waals surface area contributed by atoms with Crippen molar-refractivity contribution in [2.24, 2.45) is 0 Å². The standard InChI is InChI=1S/C4H5ClO7S/c1-3(6)2-4(7)10-12-13(8,9)11-5/h2H2,1H3. The Balaban J connectivity index is 3.91. The molecule has 0 aliphatic rings. The van der Waals surface area contributed by atoms with Crippen molar-refractivity contribution in [2.45, 2.75) is 13.3 Å². The minimum absolute atomic E-state index is 0.502. The van der Waals surface area contributed by atoms with Gasteiger partial charge in [0.15, 0.2) is 0 Å². The molecule has 0 spiro atoms. The molecule has 0 aromatic carbocycles. The van der Waals surface area contributed by atoms with Crippen LogP contribution in [0.5, 0.6) is 0 Å². The smallest absolute Gasteiger partial charge is 0.299 e. The molecule has 0 unspecified atom stereocenters. The second-order valence-corrected chi connectivity index (χ2v) is 3.33. The van der Waals surface area contributed by atoms with Crippen LogP contribution in [0.4, 0.5) is 0 Å². The molecule has 76 valence electrons. The highest BCUT2D eigenvalue weighted by Gasteiger charge is 2.17. The average Bonchev–Trinajstić information content (AvgIpc) is 2.00. The Kier molecular flexibility index (Phi) is 4.85. The van der Waals surface area contributed by atoms with Crippen LogP contribution in [0.3, 0.4) is 0 Å². The molecule has 0 saturated carbocycles. The largest absolute Gasteiger partial charge is 0.451 e. The van der Waals surface area contributed by atoms with Gasteiger partial charge in [0.25, 0.3) is 0 Å². The number of hydrogen-bond acceptors (Lipinski definition) is 7. The van der Waals surface area contributed by atoms with E-state index in [0.29, 0.717) is 0 Å². The first-order valence-corrected chi connectivity index (χ1v) is 4.45. The first-order valence-electron chi connectivity index (χ1n) is 2.81.